The fourth-order valence-electron chi connectivity index (χ4n) is 1.71. The highest BCUT2D eigenvalue weighted by molar-refractivity contribution is 7.94. The van der Waals surface area contributed by atoms with Crippen LogP contribution in [0.15, 0.2) is 11.5 Å². The van der Waals surface area contributed by atoms with Crippen LogP contribution in [0.4, 0.5) is 0 Å². The average Bonchev–Trinajstić information content (AvgIpc) is 2.42. The van der Waals surface area contributed by atoms with Crippen LogP contribution in [-0.4, -0.2) is 26.3 Å². The molecule has 1 aliphatic heterocycles. The molecule has 0 aromatic heterocycles. The van der Waals surface area contributed by atoms with Gasteiger partial charge in [-0.3, -0.25) is 0 Å². The van der Waals surface area contributed by atoms with Gasteiger partial charge in [-0.25, -0.2) is 8.42 Å². The zero-order valence-corrected chi connectivity index (χ0v) is 10.5. The summed E-state index contributed by atoms with van der Waals surface area (Å²) in [5.74, 6) is 0.927. The van der Waals surface area contributed by atoms with E-state index in [0.717, 1.165) is 6.42 Å². The zero-order chi connectivity index (χ0) is 11.5. The molecular weight excluding hydrogens is 210 g/mol. The topological polar surface area (TPSA) is 46.2 Å². The monoisotopic (exact) mass is 231 g/mol. The molecule has 1 heterocycles. The summed E-state index contributed by atoms with van der Waals surface area (Å²) in [5.41, 5.74) is 0. The fourth-order valence-corrected chi connectivity index (χ4v) is 2.96. The summed E-state index contributed by atoms with van der Waals surface area (Å²) < 4.78 is 22.3. The van der Waals surface area contributed by atoms with Crippen molar-refractivity contribution in [2.75, 3.05) is 5.75 Å². The summed E-state index contributed by atoms with van der Waals surface area (Å²) in [4.78, 5) is 0. The SMILES string of the molecule is CC(C)CCC(C)NC1C=CS(=O)(=O)C1. The molecule has 0 saturated heterocycles. The van der Waals surface area contributed by atoms with Crippen molar-refractivity contribution in [2.45, 2.75) is 45.7 Å². The van der Waals surface area contributed by atoms with Crippen molar-refractivity contribution in [3.05, 3.63) is 11.5 Å². The van der Waals surface area contributed by atoms with E-state index in [9.17, 15) is 8.42 Å². The Morgan fingerprint density at radius 2 is 2.00 bits per heavy atom. The van der Waals surface area contributed by atoms with Gasteiger partial charge in [0.1, 0.15) is 0 Å². The Kier molecular flexibility index (Phi) is 4.34. The molecule has 4 heteroatoms. The lowest BCUT2D eigenvalue weighted by molar-refractivity contribution is 0.438. The van der Waals surface area contributed by atoms with E-state index in [1.165, 1.54) is 11.8 Å². The van der Waals surface area contributed by atoms with Crippen LogP contribution in [0, 0.1) is 5.92 Å². The van der Waals surface area contributed by atoms with E-state index in [2.05, 4.69) is 26.1 Å². The molecule has 15 heavy (non-hydrogen) atoms. The molecule has 0 aromatic carbocycles. The molecule has 2 unspecified atom stereocenters. The largest absolute Gasteiger partial charge is 0.307 e. The predicted molar refractivity (Wildman–Crippen MR) is 63.4 cm³/mol. The lowest BCUT2D eigenvalue weighted by Crippen LogP contribution is -2.37. The second kappa shape index (κ2) is 5.12. The Balaban J connectivity index is 2.28. The number of sulfone groups is 1. The highest BCUT2D eigenvalue weighted by Crippen LogP contribution is 2.11. The normalized spacial score (nSPS) is 26.0. The van der Waals surface area contributed by atoms with Crippen molar-refractivity contribution >= 4 is 9.84 Å². The standard InChI is InChI=1S/C11H21NO2S/c1-9(2)4-5-10(3)12-11-6-7-15(13,14)8-11/h6-7,9-12H,4-5,8H2,1-3H3. The van der Waals surface area contributed by atoms with Gasteiger partial charge >= 0.3 is 0 Å². The first-order chi connectivity index (χ1) is 6.89. The third kappa shape index (κ3) is 4.80. The summed E-state index contributed by atoms with van der Waals surface area (Å²) in [6, 6.07) is 0.396. The van der Waals surface area contributed by atoms with E-state index in [4.69, 9.17) is 0 Å². The van der Waals surface area contributed by atoms with Gasteiger partial charge in [-0.15, -0.1) is 0 Å². The number of hydrogen-bond acceptors (Lipinski definition) is 3. The van der Waals surface area contributed by atoms with Crippen molar-refractivity contribution in [1.82, 2.24) is 5.32 Å². The second-order valence-corrected chi connectivity index (χ2v) is 6.73. The van der Waals surface area contributed by atoms with Gasteiger partial charge in [0.05, 0.1) is 5.75 Å². The molecule has 1 rings (SSSR count). The minimum Gasteiger partial charge on any atom is -0.307 e. The van der Waals surface area contributed by atoms with Gasteiger partial charge in [-0.1, -0.05) is 19.9 Å². The van der Waals surface area contributed by atoms with E-state index in [1.54, 1.807) is 6.08 Å². The number of nitrogens with one attached hydrogen (secondary N) is 1. The molecular formula is C11H21NO2S. The summed E-state index contributed by atoms with van der Waals surface area (Å²) in [6.07, 6.45) is 4.03. The average molecular weight is 231 g/mol. The lowest BCUT2D eigenvalue weighted by atomic mass is 10.0. The van der Waals surface area contributed by atoms with Crippen molar-refractivity contribution in [2.24, 2.45) is 5.92 Å². The van der Waals surface area contributed by atoms with E-state index < -0.39 is 9.84 Å². The molecule has 3 nitrogen and oxygen atoms in total. The van der Waals surface area contributed by atoms with Crippen molar-refractivity contribution in [3.63, 3.8) is 0 Å². The van der Waals surface area contributed by atoms with Gasteiger partial charge in [-0.05, 0) is 25.7 Å². The third-order valence-corrected chi connectivity index (χ3v) is 4.00. The Labute approximate surface area is 92.9 Å². The summed E-state index contributed by atoms with van der Waals surface area (Å²) >= 11 is 0. The van der Waals surface area contributed by atoms with Gasteiger partial charge < -0.3 is 5.32 Å². The first-order valence-corrected chi connectivity index (χ1v) is 7.27. The van der Waals surface area contributed by atoms with E-state index in [-0.39, 0.29) is 11.8 Å². The molecule has 1 aliphatic rings. The van der Waals surface area contributed by atoms with Gasteiger partial charge in [0.2, 0.25) is 0 Å². The predicted octanol–water partition coefficient (Wildman–Crippen LogP) is 1.71. The van der Waals surface area contributed by atoms with Crippen LogP contribution in [0.2, 0.25) is 0 Å². The maximum atomic E-state index is 11.2. The molecule has 0 aliphatic carbocycles. The van der Waals surface area contributed by atoms with E-state index in [0.29, 0.717) is 12.0 Å². The number of rotatable bonds is 5. The molecule has 0 saturated carbocycles. The van der Waals surface area contributed by atoms with Gasteiger partial charge in [0.25, 0.3) is 0 Å². The highest BCUT2D eigenvalue weighted by atomic mass is 32.2. The van der Waals surface area contributed by atoms with Crippen LogP contribution >= 0.6 is 0 Å². The molecule has 0 bridgehead atoms. The molecule has 0 fully saturated rings. The molecule has 1 N–H and O–H groups in total. The number of hydrogen-bond donors (Lipinski definition) is 1. The van der Waals surface area contributed by atoms with Crippen molar-refractivity contribution in [3.8, 4) is 0 Å². The van der Waals surface area contributed by atoms with E-state index >= 15 is 0 Å². The Hall–Kier alpha value is -0.350. The molecule has 88 valence electrons. The smallest absolute Gasteiger partial charge is 0.173 e. The van der Waals surface area contributed by atoms with Crippen LogP contribution < -0.4 is 5.32 Å². The molecule has 0 spiro atoms. The van der Waals surface area contributed by atoms with Crippen LogP contribution in [0.3, 0.4) is 0 Å². The Morgan fingerprint density at radius 3 is 2.47 bits per heavy atom. The Morgan fingerprint density at radius 1 is 1.33 bits per heavy atom. The maximum Gasteiger partial charge on any atom is 0.173 e. The second-order valence-electron chi connectivity index (χ2n) is 4.80. The molecule has 2 atom stereocenters. The minimum absolute atomic E-state index is 0.0113. The van der Waals surface area contributed by atoms with Crippen molar-refractivity contribution < 1.29 is 8.42 Å². The highest BCUT2D eigenvalue weighted by Gasteiger charge is 2.22. The summed E-state index contributed by atoms with van der Waals surface area (Å²) in [6.45, 7) is 6.51. The maximum absolute atomic E-state index is 11.2. The third-order valence-electron chi connectivity index (χ3n) is 2.61. The first-order valence-electron chi connectivity index (χ1n) is 5.56. The zero-order valence-electron chi connectivity index (χ0n) is 9.73. The summed E-state index contributed by atoms with van der Waals surface area (Å²) in [7, 11) is -2.92. The van der Waals surface area contributed by atoms with Crippen molar-refractivity contribution in [1.29, 1.82) is 0 Å². The molecule has 0 radical (unpaired) electrons. The lowest BCUT2D eigenvalue weighted by Gasteiger charge is -2.18. The first kappa shape index (κ1) is 12.7. The quantitative estimate of drug-likeness (QED) is 0.783. The minimum atomic E-state index is -2.92. The fraction of sp³-hybridized carbons (Fsp3) is 0.818. The molecule has 0 aromatic rings. The van der Waals surface area contributed by atoms with Crippen LogP contribution in [0.25, 0.3) is 0 Å². The van der Waals surface area contributed by atoms with Gasteiger partial charge in [0.15, 0.2) is 9.84 Å². The van der Waals surface area contributed by atoms with Crippen LogP contribution in [0.5, 0.6) is 0 Å². The van der Waals surface area contributed by atoms with Crippen LogP contribution in [-0.2, 0) is 9.84 Å². The van der Waals surface area contributed by atoms with Gasteiger partial charge in [-0.2, -0.15) is 0 Å². The van der Waals surface area contributed by atoms with Crippen LogP contribution in [0.1, 0.15) is 33.6 Å². The van der Waals surface area contributed by atoms with Gasteiger partial charge in [0, 0.05) is 17.5 Å². The summed E-state index contributed by atoms with van der Waals surface area (Å²) in [5, 5.41) is 4.64. The Bertz CT molecular complexity index is 319. The molecule has 0 amide bonds. The van der Waals surface area contributed by atoms with E-state index in [1.807, 2.05) is 0 Å².